The second kappa shape index (κ2) is 4.05. The average Bonchev–Trinajstić information content (AvgIpc) is 3.02. The summed E-state index contributed by atoms with van der Waals surface area (Å²) in [4.78, 5) is 11.0. The van der Waals surface area contributed by atoms with E-state index >= 15 is 0 Å². The highest BCUT2D eigenvalue weighted by Crippen LogP contribution is 2.40. The molecule has 1 saturated carbocycles. The number of carboxylic acids is 1. The third kappa shape index (κ3) is 2.20. The SMILES string of the molecule is CCC(C(=O)O)c1cccc(C2CC2)c1. The fourth-order valence-electron chi connectivity index (χ4n) is 2.00. The van der Waals surface area contributed by atoms with Crippen LogP contribution in [0.3, 0.4) is 0 Å². The van der Waals surface area contributed by atoms with Crippen molar-refractivity contribution >= 4 is 5.97 Å². The molecule has 0 saturated heterocycles. The zero-order chi connectivity index (χ0) is 10.8. The summed E-state index contributed by atoms with van der Waals surface area (Å²) in [6, 6.07) is 8.08. The van der Waals surface area contributed by atoms with E-state index in [9.17, 15) is 4.79 Å². The van der Waals surface area contributed by atoms with Gasteiger partial charge in [-0.25, -0.2) is 0 Å². The Labute approximate surface area is 89.9 Å². The molecule has 2 heteroatoms. The first-order chi connectivity index (χ1) is 7.22. The third-order valence-electron chi connectivity index (χ3n) is 3.07. The van der Waals surface area contributed by atoms with Gasteiger partial charge in [0.2, 0.25) is 0 Å². The maximum absolute atomic E-state index is 11.0. The lowest BCUT2D eigenvalue weighted by molar-refractivity contribution is -0.138. The Hall–Kier alpha value is -1.31. The molecule has 0 spiro atoms. The number of rotatable bonds is 4. The number of benzene rings is 1. The Morgan fingerprint density at radius 3 is 2.80 bits per heavy atom. The normalized spacial score (nSPS) is 17.4. The van der Waals surface area contributed by atoms with Gasteiger partial charge in [0.25, 0.3) is 0 Å². The molecule has 0 bridgehead atoms. The molecule has 0 aliphatic heterocycles. The number of carbonyl (C=O) groups is 1. The van der Waals surface area contributed by atoms with E-state index in [1.807, 2.05) is 19.1 Å². The van der Waals surface area contributed by atoms with Crippen LogP contribution in [-0.4, -0.2) is 11.1 Å². The Morgan fingerprint density at radius 2 is 2.27 bits per heavy atom. The molecule has 1 aromatic rings. The molecule has 2 nitrogen and oxygen atoms in total. The van der Waals surface area contributed by atoms with E-state index in [-0.39, 0.29) is 5.92 Å². The van der Waals surface area contributed by atoms with E-state index in [1.54, 1.807) is 0 Å². The maximum Gasteiger partial charge on any atom is 0.310 e. The van der Waals surface area contributed by atoms with E-state index < -0.39 is 5.97 Å². The van der Waals surface area contributed by atoms with Gasteiger partial charge in [-0.05, 0) is 36.3 Å². The Bertz CT molecular complexity index is 367. The molecule has 1 N–H and O–H groups in total. The van der Waals surface area contributed by atoms with Crippen LogP contribution >= 0.6 is 0 Å². The van der Waals surface area contributed by atoms with Gasteiger partial charge in [-0.15, -0.1) is 0 Å². The minimum absolute atomic E-state index is 0.344. The van der Waals surface area contributed by atoms with Crippen LogP contribution in [0.15, 0.2) is 24.3 Å². The Kier molecular flexibility index (Phi) is 2.76. The average molecular weight is 204 g/mol. The summed E-state index contributed by atoms with van der Waals surface area (Å²) in [5, 5.41) is 9.07. The van der Waals surface area contributed by atoms with Crippen molar-refractivity contribution in [2.24, 2.45) is 0 Å². The molecule has 0 amide bonds. The lowest BCUT2D eigenvalue weighted by atomic mass is 9.94. The molecule has 0 heterocycles. The molecular weight excluding hydrogens is 188 g/mol. The number of hydrogen-bond donors (Lipinski definition) is 1. The van der Waals surface area contributed by atoms with Gasteiger partial charge in [0.15, 0.2) is 0 Å². The number of aliphatic carboxylic acids is 1. The predicted octanol–water partition coefficient (Wildman–Crippen LogP) is 3.14. The van der Waals surface area contributed by atoms with E-state index in [4.69, 9.17) is 5.11 Å². The zero-order valence-corrected chi connectivity index (χ0v) is 8.94. The fourth-order valence-corrected chi connectivity index (χ4v) is 2.00. The van der Waals surface area contributed by atoms with Gasteiger partial charge in [-0.3, -0.25) is 4.79 Å². The van der Waals surface area contributed by atoms with Crippen LogP contribution in [0.4, 0.5) is 0 Å². The van der Waals surface area contributed by atoms with Crippen LogP contribution in [0, 0.1) is 0 Å². The third-order valence-corrected chi connectivity index (χ3v) is 3.07. The first kappa shape index (κ1) is 10.2. The summed E-state index contributed by atoms with van der Waals surface area (Å²) >= 11 is 0. The van der Waals surface area contributed by atoms with Crippen LogP contribution < -0.4 is 0 Å². The van der Waals surface area contributed by atoms with Crippen LogP contribution in [0.2, 0.25) is 0 Å². The smallest absolute Gasteiger partial charge is 0.310 e. The largest absolute Gasteiger partial charge is 0.481 e. The molecule has 1 fully saturated rings. The highest BCUT2D eigenvalue weighted by Gasteiger charge is 2.25. The lowest BCUT2D eigenvalue weighted by Crippen LogP contribution is -2.10. The van der Waals surface area contributed by atoms with Gasteiger partial charge in [-0.1, -0.05) is 31.2 Å². The first-order valence-electron chi connectivity index (χ1n) is 5.55. The lowest BCUT2D eigenvalue weighted by Gasteiger charge is -2.11. The van der Waals surface area contributed by atoms with Crippen LogP contribution in [0.1, 0.15) is 49.1 Å². The second-order valence-corrected chi connectivity index (χ2v) is 4.24. The van der Waals surface area contributed by atoms with Gasteiger partial charge in [0.1, 0.15) is 0 Å². The molecule has 1 unspecified atom stereocenters. The van der Waals surface area contributed by atoms with Crippen LogP contribution in [0.25, 0.3) is 0 Å². The van der Waals surface area contributed by atoms with Gasteiger partial charge in [-0.2, -0.15) is 0 Å². The monoisotopic (exact) mass is 204 g/mol. The quantitative estimate of drug-likeness (QED) is 0.818. The fraction of sp³-hybridized carbons (Fsp3) is 0.462. The summed E-state index contributed by atoms with van der Waals surface area (Å²) in [6.07, 6.45) is 3.17. The van der Waals surface area contributed by atoms with Crippen molar-refractivity contribution < 1.29 is 9.90 Å². The molecular formula is C13H16O2. The first-order valence-corrected chi connectivity index (χ1v) is 5.55. The van der Waals surface area contributed by atoms with Gasteiger partial charge in [0.05, 0.1) is 5.92 Å². The summed E-state index contributed by atoms with van der Waals surface area (Å²) < 4.78 is 0. The van der Waals surface area contributed by atoms with Crippen LogP contribution in [-0.2, 0) is 4.79 Å². The van der Waals surface area contributed by atoms with E-state index in [1.165, 1.54) is 18.4 Å². The highest BCUT2D eigenvalue weighted by molar-refractivity contribution is 5.76. The Morgan fingerprint density at radius 1 is 1.53 bits per heavy atom. The molecule has 0 radical (unpaired) electrons. The van der Waals surface area contributed by atoms with E-state index in [0.29, 0.717) is 12.3 Å². The zero-order valence-electron chi connectivity index (χ0n) is 8.94. The van der Waals surface area contributed by atoms with E-state index in [0.717, 1.165) is 5.56 Å². The molecule has 1 atom stereocenters. The van der Waals surface area contributed by atoms with Gasteiger partial charge in [0, 0.05) is 0 Å². The second-order valence-electron chi connectivity index (χ2n) is 4.24. The highest BCUT2D eigenvalue weighted by atomic mass is 16.4. The van der Waals surface area contributed by atoms with Crippen molar-refractivity contribution in [2.75, 3.05) is 0 Å². The molecule has 80 valence electrons. The predicted molar refractivity (Wildman–Crippen MR) is 59.1 cm³/mol. The molecule has 1 aromatic carbocycles. The molecule has 15 heavy (non-hydrogen) atoms. The minimum Gasteiger partial charge on any atom is -0.481 e. The summed E-state index contributed by atoms with van der Waals surface area (Å²) in [6.45, 7) is 1.92. The van der Waals surface area contributed by atoms with Crippen LogP contribution in [0.5, 0.6) is 0 Å². The van der Waals surface area contributed by atoms with E-state index in [2.05, 4.69) is 12.1 Å². The van der Waals surface area contributed by atoms with Gasteiger partial charge < -0.3 is 5.11 Å². The van der Waals surface area contributed by atoms with Crippen molar-refractivity contribution in [1.82, 2.24) is 0 Å². The standard InChI is InChI=1S/C13H16O2/c1-2-12(13(14)15)11-5-3-4-10(8-11)9-6-7-9/h3-5,8-9,12H,2,6-7H2,1H3,(H,14,15). The molecule has 2 rings (SSSR count). The molecule has 1 aliphatic rings. The van der Waals surface area contributed by atoms with Crippen molar-refractivity contribution in [3.8, 4) is 0 Å². The number of carboxylic acid groups (broad SMARTS) is 1. The summed E-state index contributed by atoms with van der Waals surface area (Å²) in [5.74, 6) is -0.370. The van der Waals surface area contributed by atoms with Crippen molar-refractivity contribution in [2.45, 2.75) is 38.0 Å². The summed E-state index contributed by atoms with van der Waals surface area (Å²) in [5.41, 5.74) is 2.27. The van der Waals surface area contributed by atoms with Crippen molar-refractivity contribution in [1.29, 1.82) is 0 Å². The van der Waals surface area contributed by atoms with Crippen molar-refractivity contribution in [3.05, 3.63) is 35.4 Å². The van der Waals surface area contributed by atoms with Crippen molar-refractivity contribution in [3.63, 3.8) is 0 Å². The summed E-state index contributed by atoms with van der Waals surface area (Å²) in [7, 11) is 0. The molecule has 0 aromatic heterocycles. The Balaban J connectivity index is 2.25. The maximum atomic E-state index is 11.0. The molecule has 1 aliphatic carbocycles. The topological polar surface area (TPSA) is 37.3 Å². The number of hydrogen-bond acceptors (Lipinski definition) is 1. The van der Waals surface area contributed by atoms with Gasteiger partial charge >= 0.3 is 5.97 Å². The minimum atomic E-state index is -0.717.